The Labute approximate surface area is 169 Å². The summed E-state index contributed by atoms with van der Waals surface area (Å²) in [5.41, 5.74) is 0.463. The van der Waals surface area contributed by atoms with E-state index in [-0.39, 0.29) is 35.5 Å². The average Bonchev–Trinajstić information content (AvgIpc) is 3.51. The van der Waals surface area contributed by atoms with Gasteiger partial charge in [0.25, 0.3) is 0 Å². The second kappa shape index (κ2) is 6.34. The summed E-state index contributed by atoms with van der Waals surface area (Å²) in [5, 5.41) is 2.79. The van der Waals surface area contributed by atoms with Crippen LogP contribution in [-0.4, -0.2) is 42.9 Å². The minimum atomic E-state index is -0.886. The Kier molecular flexibility index (Phi) is 3.98. The first kappa shape index (κ1) is 18.2. The molecule has 0 spiro atoms. The number of rotatable bonds is 5. The lowest BCUT2D eigenvalue weighted by atomic mass is 9.63. The predicted molar refractivity (Wildman–Crippen MR) is 104 cm³/mol. The maximum absolute atomic E-state index is 13.2. The zero-order valence-electron chi connectivity index (χ0n) is 16.6. The molecule has 0 aromatic heterocycles. The van der Waals surface area contributed by atoms with Crippen LogP contribution in [0.3, 0.4) is 0 Å². The van der Waals surface area contributed by atoms with Crippen molar-refractivity contribution in [2.45, 2.75) is 19.4 Å². The summed E-state index contributed by atoms with van der Waals surface area (Å²) in [7, 11) is 3.05. The second-order valence-corrected chi connectivity index (χ2v) is 8.43. The van der Waals surface area contributed by atoms with Gasteiger partial charge in [0, 0.05) is 6.07 Å². The lowest BCUT2D eigenvalue weighted by molar-refractivity contribution is -0.146. The molecule has 6 rings (SSSR count). The fourth-order valence-electron chi connectivity index (χ4n) is 5.62. The molecule has 1 aromatic rings. The summed E-state index contributed by atoms with van der Waals surface area (Å²) in [6, 6.07) is 4.16. The Morgan fingerprint density at radius 2 is 1.69 bits per heavy atom. The number of allylic oxidation sites excluding steroid dienone is 2. The average molecular weight is 396 g/mol. The van der Waals surface area contributed by atoms with E-state index in [1.54, 1.807) is 32.2 Å². The van der Waals surface area contributed by atoms with Gasteiger partial charge in [0.05, 0.1) is 31.7 Å². The third-order valence-electron chi connectivity index (χ3n) is 7.13. The van der Waals surface area contributed by atoms with Crippen LogP contribution in [0, 0.1) is 35.5 Å². The van der Waals surface area contributed by atoms with E-state index in [2.05, 4.69) is 17.5 Å². The van der Waals surface area contributed by atoms with E-state index in [9.17, 15) is 14.4 Å². The van der Waals surface area contributed by atoms with Gasteiger partial charge >= 0.3 is 0 Å². The van der Waals surface area contributed by atoms with Crippen molar-refractivity contribution in [1.29, 1.82) is 0 Å². The van der Waals surface area contributed by atoms with Crippen LogP contribution in [0.25, 0.3) is 0 Å². The fraction of sp³-hybridized carbons (Fsp3) is 0.500. The van der Waals surface area contributed by atoms with Crippen LogP contribution < -0.4 is 14.8 Å². The Morgan fingerprint density at radius 1 is 1.07 bits per heavy atom. The Morgan fingerprint density at radius 3 is 2.24 bits per heavy atom. The topological polar surface area (TPSA) is 84.9 Å². The molecular formula is C22H24N2O5. The summed E-state index contributed by atoms with van der Waals surface area (Å²) in [6.45, 7) is 1.61. The van der Waals surface area contributed by atoms with Crippen LogP contribution in [0.1, 0.15) is 13.3 Å². The minimum absolute atomic E-state index is 0.147. The molecule has 3 fully saturated rings. The molecule has 1 heterocycles. The van der Waals surface area contributed by atoms with Crippen LogP contribution in [0.5, 0.6) is 11.5 Å². The number of anilines is 1. The number of hydrogen-bond donors (Lipinski definition) is 1. The van der Waals surface area contributed by atoms with Crippen LogP contribution in [0.4, 0.5) is 5.69 Å². The molecule has 1 N–H and O–H groups in total. The highest BCUT2D eigenvalue weighted by Gasteiger charge is 2.67. The Hall–Kier alpha value is -2.83. The third kappa shape index (κ3) is 2.52. The molecule has 1 aromatic carbocycles. The summed E-state index contributed by atoms with van der Waals surface area (Å²) >= 11 is 0. The lowest BCUT2D eigenvalue weighted by Crippen LogP contribution is -2.46. The van der Waals surface area contributed by atoms with Gasteiger partial charge in [-0.25, -0.2) is 0 Å². The Bertz CT molecular complexity index is 905. The summed E-state index contributed by atoms with van der Waals surface area (Å²) in [5.74, 6) is 0.998. The molecule has 152 valence electrons. The molecule has 1 saturated heterocycles. The van der Waals surface area contributed by atoms with Gasteiger partial charge in [0.15, 0.2) is 0 Å². The van der Waals surface area contributed by atoms with Crippen molar-refractivity contribution >= 4 is 23.4 Å². The molecule has 5 aliphatic rings. The first-order chi connectivity index (χ1) is 14.0. The number of hydrogen-bond acceptors (Lipinski definition) is 5. The van der Waals surface area contributed by atoms with Gasteiger partial charge in [-0.3, -0.25) is 19.3 Å². The van der Waals surface area contributed by atoms with E-state index in [0.29, 0.717) is 29.0 Å². The highest BCUT2D eigenvalue weighted by atomic mass is 16.5. The van der Waals surface area contributed by atoms with Gasteiger partial charge in [-0.1, -0.05) is 12.2 Å². The summed E-state index contributed by atoms with van der Waals surface area (Å²) in [4.78, 5) is 40.4. The number of benzene rings is 1. The molecule has 7 nitrogen and oxygen atoms in total. The van der Waals surface area contributed by atoms with Gasteiger partial charge < -0.3 is 14.8 Å². The number of ether oxygens (including phenoxy) is 2. The molecule has 0 unspecified atom stereocenters. The minimum Gasteiger partial charge on any atom is -0.497 e. The van der Waals surface area contributed by atoms with Crippen molar-refractivity contribution in [3.8, 4) is 11.5 Å². The van der Waals surface area contributed by atoms with Crippen molar-refractivity contribution in [1.82, 2.24) is 4.90 Å². The van der Waals surface area contributed by atoms with Crippen molar-refractivity contribution in [3.63, 3.8) is 0 Å². The number of imide groups is 1. The monoisotopic (exact) mass is 396 g/mol. The number of nitrogens with zero attached hydrogens (tertiary/aromatic N) is 1. The van der Waals surface area contributed by atoms with Crippen LogP contribution in [-0.2, 0) is 14.4 Å². The van der Waals surface area contributed by atoms with Crippen LogP contribution >= 0.6 is 0 Å². The van der Waals surface area contributed by atoms with E-state index < -0.39 is 11.9 Å². The Balaban J connectivity index is 1.36. The van der Waals surface area contributed by atoms with Crippen molar-refractivity contribution in [2.75, 3.05) is 19.5 Å². The summed E-state index contributed by atoms with van der Waals surface area (Å²) < 4.78 is 10.5. The number of amides is 3. The first-order valence-corrected chi connectivity index (χ1v) is 10.0. The van der Waals surface area contributed by atoms with Gasteiger partial charge in [0.1, 0.15) is 17.5 Å². The summed E-state index contributed by atoms with van der Waals surface area (Å²) in [6.07, 6.45) is 5.37. The zero-order valence-corrected chi connectivity index (χ0v) is 16.6. The highest BCUT2D eigenvalue weighted by molar-refractivity contribution is 6.10. The number of carbonyl (C=O) groups excluding carboxylic acids is 3. The smallest absolute Gasteiger partial charge is 0.247 e. The zero-order chi connectivity index (χ0) is 20.4. The number of methoxy groups -OCH3 is 2. The first-order valence-electron chi connectivity index (χ1n) is 10.0. The maximum Gasteiger partial charge on any atom is 0.247 e. The second-order valence-electron chi connectivity index (χ2n) is 8.43. The van der Waals surface area contributed by atoms with Crippen molar-refractivity contribution < 1.29 is 23.9 Å². The van der Waals surface area contributed by atoms with Gasteiger partial charge in [-0.15, -0.1) is 0 Å². The van der Waals surface area contributed by atoms with Crippen LogP contribution in [0.2, 0.25) is 0 Å². The lowest BCUT2D eigenvalue weighted by Gasteiger charge is -2.37. The highest BCUT2D eigenvalue weighted by Crippen LogP contribution is 2.65. The maximum atomic E-state index is 13.2. The van der Waals surface area contributed by atoms with E-state index in [0.717, 1.165) is 6.42 Å². The molecule has 29 heavy (non-hydrogen) atoms. The molecule has 3 amide bonds. The van der Waals surface area contributed by atoms with E-state index in [1.807, 2.05) is 0 Å². The SMILES string of the molecule is COc1ccc(NC(=O)[C@H](C)N2C(=O)[C@@H]3[C@H]4C=C[C@@H]([C@@H]5C[C@H]45)[C@@H]3C2=O)c(OC)c1. The molecule has 7 atom stereocenters. The number of likely N-dealkylation sites (tertiary alicyclic amines) is 1. The molecule has 4 aliphatic carbocycles. The molecule has 2 saturated carbocycles. The van der Waals surface area contributed by atoms with E-state index in [1.165, 1.54) is 12.0 Å². The normalized spacial score (nSPS) is 34.5. The van der Waals surface area contributed by atoms with E-state index >= 15 is 0 Å². The number of nitrogens with one attached hydrogen (secondary N) is 1. The molecule has 0 radical (unpaired) electrons. The van der Waals surface area contributed by atoms with Crippen LogP contribution in [0.15, 0.2) is 30.4 Å². The molecule has 2 bridgehead atoms. The third-order valence-corrected chi connectivity index (χ3v) is 7.13. The van der Waals surface area contributed by atoms with Gasteiger partial charge in [0.2, 0.25) is 17.7 Å². The van der Waals surface area contributed by atoms with E-state index in [4.69, 9.17) is 9.47 Å². The van der Waals surface area contributed by atoms with Crippen molar-refractivity contribution in [3.05, 3.63) is 30.4 Å². The number of carbonyl (C=O) groups is 3. The predicted octanol–water partition coefficient (Wildman–Crippen LogP) is 2.08. The fourth-order valence-corrected chi connectivity index (χ4v) is 5.62. The van der Waals surface area contributed by atoms with Gasteiger partial charge in [-0.05, 0) is 49.1 Å². The standard InChI is InChI=1S/C22H24N2O5/c1-10(20(25)23-16-7-4-11(28-2)8-17(16)29-3)24-21(26)18-12-5-6-13(15-9-14(12)15)19(18)22(24)27/h4-8,10,12-15,18-19H,9H2,1-3H3,(H,23,25)/t10-,12-,13-,14-,15+,18-,19+/m0/s1. The largest absolute Gasteiger partial charge is 0.497 e. The molecule has 1 aliphatic heterocycles. The van der Waals surface area contributed by atoms with Gasteiger partial charge in [-0.2, -0.15) is 0 Å². The quantitative estimate of drug-likeness (QED) is 0.609. The molecule has 7 heteroatoms. The molecular weight excluding hydrogens is 372 g/mol. The van der Waals surface area contributed by atoms with Crippen molar-refractivity contribution in [2.24, 2.45) is 35.5 Å².